The first-order chi connectivity index (χ1) is 9.43. The number of fused-ring (bicyclic) bond motifs is 8. The molecule has 0 atom stereocenters. The SMILES string of the molecule is C1=Cc2c(c3c(c4c5c(ccc24)=CCC=5)CC=C3)C1. The second-order valence-corrected chi connectivity index (χ2v) is 5.63. The monoisotopic (exact) mass is 242 g/mol. The van der Waals surface area contributed by atoms with Crippen molar-refractivity contribution in [2.24, 2.45) is 0 Å². The Morgan fingerprint density at radius 1 is 0.789 bits per heavy atom. The third kappa shape index (κ3) is 1.10. The van der Waals surface area contributed by atoms with E-state index in [-0.39, 0.29) is 0 Å². The number of hydrogen-bond acceptors (Lipinski definition) is 0. The first-order valence-corrected chi connectivity index (χ1v) is 7.07. The van der Waals surface area contributed by atoms with Crippen molar-refractivity contribution >= 4 is 35.1 Å². The molecule has 0 N–H and O–H groups in total. The van der Waals surface area contributed by atoms with Crippen LogP contribution in [-0.4, -0.2) is 0 Å². The fourth-order valence-corrected chi connectivity index (χ4v) is 3.92. The molecule has 0 aliphatic heterocycles. The van der Waals surface area contributed by atoms with Crippen LogP contribution >= 0.6 is 0 Å². The maximum absolute atomic E-state index is 2.39. The van der Waals surface area contributed by atoms with Gasteiger partial charge in [0.25, 0.3) is 0 Å². The summed E-state index contributed by atoms with van der Waals surface area (Å²) in [7, 11) is 0. The van der Waals surface area contributed by atoms with Crippen LogP contribution < -0.4 is 10.4 Å². The quantitative estimate of drug-likeness (QED) is 0.666. The first-order valence-electron chi connectivity index (χ1n) is 7.07. The average Bonchev–Trinajstić information content (AvgIpc) is 3.17. The Kier molecular flexibility index (Phi) is 1.69. The molecule has 0 saturated carbocycles. The van der Waals surface area contributed by atoms with Gasteiger partial charge < -0.3 is 0 Å². The molecule has 0 heteroatoms. The predicted octanol–water partition coefficient (Wildman–Crippen LogP) is 2.94. The van der Waals surface area contributed by atoms with Gasteiger partial charge in [0.15, 0.2) is 0 Å². The minimum absolute atomic E-state index is 1.09. The van der Waals surface area contributed by atoms with E-state index in [4.69, 9.17) is 0 Å². The van der Waals surface area contributed by atoms with Gasteiger partial charge in [0.2, 0.25) is 0 Å². The summed E-state index contributed by atoms with van der Waals surface area (Å²) >= 11 is 0. The topological polar surface area (TPSA) is 0 Å². The van der Waals surface area contributed by atoms with Crippen LogP contribution in [0.15, 0.2) is 24.3 Å². The normalized spacial score (nSPS) is 17.3. The van der Waals surface area contributed by atoms with Crippen LogP contribution in [0.25, 0.3) is 35.1 Å². The highest BCUT2D eigenvalue weighted by Gasteiger charge is 2.21. The molecule has 5 rings (SSSR count). The van der Waals surface area contributed by atoms with E-state index in [0.717, 1.165) is 19.3 Å². The van der Waals surface area contributed by atoms with E-state index in [2.05, 4.69) is 48.6 Å². The van der Waals surface area contributed by atoms with E-state index in [9.17, 15) is 0 Å². The molecule has 0 unspecified atom stereocenters. The van der Waals surface area contributed by atoms with Crippen LogP contribution in [0, 0.1) is 0 Å². The number of rotatable bonds is 0. The third-order valence-electron chi connectivity index (χ3n) is 4.72. The van der Waals surface area contributed by atoms with Crippen molar-refractivity contribution in [2.45, 2.75) is 19.3 Å². The molecule has 2 aromatic rings. The van der Waals surface area contributed by atoms with Gasteiger partial charge in [-0.2, -0.15) is 0 Å². The van der Waals surface area contributed by atoms with Crippen LogP contribution in [0.2, 0.25) is 0 Å². The minimum Gasteiger partial charge on any atom is -0.0795 e. The summed E-state index contributed by atoms with van der Waals surface area (Å²) in [5.41, 5.74) is 6.06. The molecule has 0 radical (unpaired) electrons. The van der Waals surface area contributed by atoms with Crippen LogP contribution in [0.1, 0.15) is 28.7 Å². The van der Waals surface area contributed by atoms with Crippen LogP contribution in [0.3, 0.4) is 0 Å². The molecule has 0 nitrogen and oxygen atoms in total. The van der Waals surface area contributed by atoms with Crippen molar-refractivity contribution in [3.8, 4) is 0 Å². The molecule has 0 amide bonds. The van der Waals surface area contributed by atoms with Gasteiger partial charge in [-0.15, -0.1) is 0 Å². The van der Waals surface area contributed by atoms with Crippen molar-refractivity contribution in [2.75, 3.05) is 0 Å². The molecule has 0 fully saturated rings. The fourth-order valence-electron chi connectivity index (χ4n) is 3.92. The largest absolute Gasteiger partial charge is 0.0795 e. The molecule has 3 aliphatic rings. The lowest BCUT2D eigenvalue weighted by atomic mass is 9.90. The molecule has 0 aromatic heterocycles. The zero-order chi connectivity index (χ0) is 12.4. The van der Waals surface area contributed by atoms with Gasteiger partial charge in [-0.3, -0.25) is 0 Å². The summed E-state index contributed by atoms with van der Waals surface area (Å²) in [6.07, 6.45) is 17.3. The molecule has 0 spiro atoms. The van der Waals surface area contributed by atoms with Gasteiger partial charge in [-0.05, 0) is 62.7 Å². The van der Waals surface area contributed by atoms with Gasteiger partial charge in [0, 0.05) is 0 Å². The van der Waals surface area contributed by atoms with Gasteiger partial charge in [-0.1, -0.05) is 48.6 Å². The van der Waals surface area contributed by atoms with Crippen molar-refractivity contribution in [3.05, 3.63) is 57.0 Å². The second-order valence-electron chi connectivity index (χ2n) is 5.63. The summed E-state index contributed by atoms with van der Waals surface area (Å²) in [6.45, 7) is 0. The van der Waals surface area contributed by atoms with Crippen molar-refractivity contribution in [1.82, 2.24) is 0 Å². The third-order valence-corrected chi connectivity index (χ3v) is 4.72. The molecule has 2 aromatic carbocycles. The highest BCUT2D eigenvalue weighted by molar-refractivity contribution is 6.00. The summed E-state index contributed by atoms with van der Waals surface area (Å²) < 4.78 is 0. The van der Waals surface area contributed by atoms with E-state index in [1.165, 1.54) is 37.9 Å². The lowest BCUT2D eigenvalue weighted by Gasteiger charge is -2.13. The number of benzene rings is 2. The maximum Gasteiger partial charge on any atom is -0.00612 e. The maximum atomic E-state index is 2.39. The molecule has 0 saturated heterocycles. The van der Waals surface area contributed by atoms with E-state index < -0.39 is 0 Å². The average molecular weight is 242 g/mol. The standard InChI is InChI=1S/C19H14/c1-4-12-10-11-18-16-7-2-6-14(16)15-8-3-9-17(15)19(18)13(12)5-1/h2-5,7-8,10-11H,1,6,9H2. The highest BCUT2D eigenvalue weighted by Crippen LogP contribution is 2.37. The van der Waals surface area contributed by atoms with E-state index in [1.54, 1.807) is 5.56 Å². The van der Waals surface area contributed by atoms with Crippen molar-refractivity contribution in [1.29, 1.82) is 0 Å². The summed E-state index contributed by atoms with van der Waals surface area (Å²) in [6, 6.07) is 4.62. The smallest absolute Gasteiger partial charge is 0.00612 e. The Balaban J connectivity index is 2.13. The molecular weight excluding hydrogens is 228 g/mol. The minimum atomic E-state index is 1.09. The Hall–Kier alpha value is -2.08. The number of allylic oxidation sites excluding steroid dienone is 2. The molecule has 0 bridgehead atoms. The van der Waals surface area contributed by atoms with Gasteiger partial charge in [-0.25, -0.2) is 0 Å². The number of hydrogen-bond donors (Lipinski definition) is 0. The first kappa shape index (κ1) is 9.80. The molecule has 3 aliphatic carbocycles. The molecule has 19 heavy (non-hydrogen) atoms. The van der Waals surface area contributed by atoms with E-state index in [0.29, 0.717) is 0 Å². The lowest BCUT2D eigenvalue weighted by Crippen LogP contribution is -2.23. The van der Waals surface area contributed by atoms with Gasteiger partial charge in [0.1, 0.15) is 0 Å². The predicted molar refractivity (Wildman–Crippen MR) is 82.2 cm³/mol. The molecular formula is C19H14. The summed E-state index contributed by atoms with van der Waals surface area (Å²) in [4.78, 5) is 0. The van der Waals surface area contributed by atoms with Crippen molar-refractivity contribution in [3.63, 3.8) is 0 Å². The Morgan fingerprint density at radius 2 is 1.63 bits per heavy atom. The van der Waals surface area contributed by atoms with E-state index >= 15 is 0 Å². The van der Waals surface area contributed by atoms with E-state index in [1.807, 2.05) is 0 Å². The van der Waals surface area contributed by atoms with Crippen LogP contribution in [0.5, 0.6) is 0 Å². The fraction of sp³-hybridized carbons (Fsp3) is 0.158. The Morgan fingerprint density at radius 3 is 2.58 bits per heavy atom. The zero-order valence-electron chi connectivity index (χ0n) is 10.7. The van der Waals surface area contributed by atoms with Crippen LogP contribution in [-0.2, 0) is 12.8 Å². The molecule has 0 heterocycles. The lowest BCUT2D eigenvalue weighted by molar-refractivity contribution is 1.26. The summed E-state index contributed by atoms with van der Waals surface area (Å²) in [5.74, 6) is 0. The second kappa shape index (κ2) is 3.27. The van der Waals surface area contributed by atoms with Gasteiger partial charge in [0.05, 0.1) is 0 Å². The Bertz CT molecular complexity index is 921. The summed E-state index contributed by atoms with van der Waals surface area (Å²) in [5, 5.41) is 5.86. The highest BCUT2D eigenvalue weighted by atomic mass is 14.2. The zero-order valence-corrected chi connectivity index (χ0v) is 10.7. The molecule has 90 valence electrons. The van der Waals surface area contributed by atoms with Gasteiger partial charge >= 0.3 is 0 Å². The Labute approximate surface area is 112 Å². The van der Waals surface area contributed by atoms with Crippen molar-refractivity contribution < 1.29 is 0 Å². The van der Waals surface area contributed by atoms with Crippen LogP contribution in [0.4, 0.5) is 0 Å².